The number of sulfonamides is 1. The SMILES string of the molecule is O=S(=O)(Nc1ccc(I)cn1)c1cccc(F)c1. The molecule has 7 heteroatoms. The lowest BCUT2D eigenvalue weighted by Gasteiger charge is -2.07. The Hall–Kier alpha value is -1.22. The highest BCUT2D eigenvalue weighted by Gasteiger charge is 2.15. The number of anilines is 1. The van der Waals surface area contributed by atoms with Crippen molar-refractivity contribution >= 4 is 38.4 Å². The number of pyridine rings is 1. The van der Waals surface area contributed by atoms with Crippen molar-refractivity contribution in [2.45, 2.75) is 4.90 Å². The van der Waals surface area contributed by atoms with Crippen LogP contribution in [0.2, 0.25) is 0 Å². The molecule has 1 aromatic carbocycles. The van der Waals surface area contributed by atoms with Gasteiger partial charge in [-0.05, 0) is 52.9 Å². The summed E-state index contributed by atoms with van der Waals surface area (Å²) in [5.74, 6) is -0.409. The summed E-state index contributed by atoms with van der Waals surface area (Å²) in [5.41, 5.74) is 0. The van der Waals surface area contributed by atoms with Crippen LogP contribution in [0, 0.1) is 9.39 Å². The second-order valence-corrected chi connectivity index (χ2v) is 6.35. The molecule has 0 unspecified atom stereocenters. The summed E-state index contributed by atoms with van der Waals surface area (Å²) < 4.78 is 40.0. The van der Waals surface area contributed by atoms with Crippen molar-refractivity contribution in [3.63, 3.8) is 0 Å². The summed E-state index contributed by atoms with van der Waals surface area (Å²) in [6.45, 7) is 0. The molecule has 0 spiro atoms. The van der Waals surface area contributed by atoms with E-state index in [0.29, 0.717) is 0 Å². The van der Waals surface area contributed by atoms with Crippen molar-refractivity contribution < 1.29 is 12.8 Å². The molecule has 0 aliphatic heterocycles. The molecule has 18 heavy (non-hydrogen) atoms. The Morgan fingerprint density at radius 2 is 2.00 bits per heavy atom. The lowest BCUT2D eigenvalue weighted by Crippen LogP contribution is -2.14. The third-order valence-corrected chi connectivity index (χ3v) is 4.06. The number of hydrogen-bond acceptors (Lipinski definition) is 3. The van der Waals surface area contributed by atoms with Gasteiger partial charge in [-0.1, -0.05) is 6.07 Å². The first kappa shape index (κ1) is 13.2. The van der Waals surface area contributed by atoms with Gasteiger partial charge in [0.1, 0.15) is 11.6 Å². The number of rotatable bonds is 3. The average Bonchev–Trinajstić information content (AvgIpc) is 2.32. The number of hydrogen-bond donors (Lipinski definition) is 1. The molecular weight excluding hydrogens is 370 g/mol. The number of nitrogens with one attached hydrogen (secondary N) is 1. The molecule has 0 fully saturated rings. The van der Waals surface area contributed by atoms with Gasteiger partial charge in [0, 0.05) is 9.77 Å². The van der Waals surface area contributed by atoms with Gasteiger partial charge in [-0.15, -0.1) is 0 Å². The van der Waals surface area contributed by atoms with Gasteiger partial charge >= 0.3 is 0 Å². The fourth-order valence-electron chi connectivity index (χ4n) is 1.27. The third kappa shape index (κ3) is 3.16. The number of nitrogens with zero attached hydrogens (tertiary/aromatic N) is 1. The van der Waals surface area contributed by atoms with Gasteiger partial charge in [0.2, 0.25) is 0 Å². The highest BCUT2D eigenvalue weighted by molar-refractivity contribution is 14.1. The largest absolute Gasteiger partial charge is 0.263 e. The molecule has 0 atom stereocenters. The third-order valence-electron chi connectivity index (χ3n) is 2.07. The molecule has 0 amide bonds. The molecule has 0 aliphatic carbocycles. The van der Waals surface area contributed by atoms with Gasteiger partial charge in [-0.25, -0.2) is 17.8 Å². The Labute approximate surface area is 117 Å². The zero-order chi connectivity index (χ0) is 13.2. The van der Waals surface area contributed by atoms with Crippen molar-refractivity contribution in [1.82, 2.24) is 4.98 Å². The molecule has 1 heterocycles. The molecule has 2 rings (SSSR count). The van der Waals surface area contributed by atoms with E-state index in [0.717, 1.165) is 9.64 Å². The van der Waals surface area contributed by atoms with E-state index in [9.17, 15) is 12.8 Å². The fraction of sp³-hybridized carbons (Fsp3) is 0. The van der Waals surface area contributed by atoms with Crippen LogP contribution < -0.4 is 4.72 Å². The lowest BCUT2D eigenvalue weighted by atomic mass is 10.4. The first-order valence-corrected chi connectivity index (χ1v) is 7.43. The standard InChI is InChI=1S/C11H8FIN2O2S/c12-8-2-1-3-10(6-8)18(16,17)15-11-5-4-9(13)7-14-11/h1-7H,(H,14,15). The second kappa shape index (κ2) is 5.19. The van der Waals surface area contributed by atoms with E-state index in [1.165, 1.54) is 24.4 Å². The summed E-state index contributed by atoms with van der Waals surface area (Å²) in [7, 11) is -3.80. The van der Waals surface area contributed by atoms with E-state index in [1.54, 1.807) is 12.1 Å². The van der Waals surface area contributed by atoms with Crippen molar-refractivity contribution in [2.75, 3.05) is 4.72 Å². The van der Waals surface area contributed by atoms with Crippen molar-refractivity contribution in [2.24, 2.45) is 0 Å². The topological polar surface area (TPSA) is 59.1 Å². The number of aromatic nitrogens is 1. The Morgan fingerprint density at radius 1 is 1.22 bits per heavy atom. The monoisotopic (exact) mass is 378 g/mol. The Balaban J connectivity index is 2.30. The van der Waals surface area contributed by atoms with Gasteiger partial charge in [-0.3, -0.25) is 4.72 Å². The van der Waals surface area contributed by atoms with Gasteiger partial charge in [0.25, 0.3) is 10.0 Å². The fourth-order valence-corrected chi connectivity index (χ4v) is 2.63. The maximum absolute atomic E-state index is 13.0. The van der Waals surface area contributed by atoms with Crippen LogP contribution >= 0.6 is 22.6 Å². The molecular formula is C11H8FIN2O2S. The molecule has 94 valence electrons. The van der Waals surface area contributed by atoms with Crippen LogP contribution in [0.4, 0.5) is 10.2 Å². The minimum Gasteiger partial charge on any atom is -0.263 e. The van der Waals surface area contributed by atoms with Gasteiger partial charge in [-0.2, -0.15) is 0 Å². The molecule has 0 bridgehead atoms. The van der Waals surface area contributed by atoms with Crippen LogP contribution in [-0.4, -0.2) is 13.4 Å². The molecule has 0 aliphatic rings. The zero-order valence-electron chi connectivity index (χ0n) is 8.97. The van der Waals surface area contributed by atoms with E-state index in [1.807, 2.05) is 0 Å². The van der Waals surface area contributed by atoms with Gasteiger partial charge in [0.15, 0.2) is 0 Å². The molecule has 4 nitrogen and oxygen atoms in total. The van der Waals surface area contributed by atoms with Crippen molar-refractivity contribution in [3.05, 3.63) is 52.0 Å². The predicted molar refractivity (Wildman–Crippen MR) is 74.2 cm³/mol. The lowest BCUT2D eigenvalue weighted by molar-refractivity contribution is 0.595. The highest BCUT2D eigenvalue weighted by Crippen LogP contribution is 2.15. The molecule has 1 aromatic heterocycles. The van der Waals surface area contributed by atoms with Crippen molar-refractivity contribution in [3.8, 4) is 0 Å². The quantitative estimate of drug-likeness (QED) is 0.836. The molecule has 0 saturated heterocycles. The Kier molecular flexibility index (Phi) is 3.81. The van der Waals surface area contributed by atoms with Crippen LogP contribution in [-0.2, 0) is 10.0 Å². The van der Waals surface area contributed by atoms with E-state index in [-0.39, 0.29) is 10.7 Å². The molecule has 1 N–H and O–H groups in total. The molecule has 2 aromatic rings. The maximum atomic E-state index is 13.0. The zero-order valence-corrected chi connectivity index (χ0v) is 11.9. The normalized spacial score (nSPS) is 11.2. The number of benzene rings is 1. The van der Waals surface area contributed by atoms with Crippen LogP contribution in [0.15, 0.2) is 47.5 Å². The van der Waals surface area contributed by atoms with Gasteiger partial charge < -0.3 is 0 Å². The Morgan fingerprint density at radius 3 is 2.61 bits per heavy atom. The van der Waals surface area contributed by atoms with Crippen LogP contribution in [0.3, 0.4) is 0 Å². The van der Waals surface area contributed by atoms with Crippen LogP contribution in [0.5, 0.6) is 0 Å². The minimum absolute atomic E-state index is 0.136. The van der Waals surface area contributed by atoms with E-state index in [4.69, 9.17) is 0 Å². The van der Waals surface area contributed by atoms with Crippen LogP contribution in [0.1, 0.15) is 0 Å². The van der Waals surface area contributed by atoms with Gasteiger partial charge in [0.05, 0.1) is 4.90 Å². The summed E-state index contributed by atoms with van der Waals surface area (Å²) in [6, 6.07) is 8.05. The first-order chi connectivity index (χ1) is 8.47. The predicted octanol–water partition coefficient (Wildman–Crippen LogP) is 2.63. The average molecular weight is 378 g/mol. The summed E-state index contributed by atoms with van der Waals surface area (Å²) >= 11 is 2.06. The summed E-state index contributed by atoms with van der Waals surface area (Å²) in [5, 5.41) is 0. The summed E-state index contributed by atoms with van der Waals surface area (Å²) in [6.07, 6.45) is 1.53. The molecule has 0 saturated carbocycles. The first-order valence-electron chi connectivity index (χ1n) is 4.87. The Bertz CT molecular complexity index is 659. The second-order valence-electron chi connectivity index (χ2n) is 3.42. The smallest absolute Gasteiger partial charge is 0.263 e. The summed E-state index contributed by atoms with van der Waals surface area (Å²) in [4.78, 5) is 3.78. The number of halogens is 2. The van der Waals surface area contributed by atoms with E-state index >= 15 is 0 Å². The maximum Gasteiger partial charge on any atom is 0.263 e. The minimum atomic E-state index is -3.80. The van der Waals surface area contributed by atoms with E-state index in [2.05, 4.69) is 32.3 Å². The molecule has 0 radical (unpaired) electrons. The van der Waals surface area contributed by atoms with E-state index < -0.39 is 15.8 Å². The van der Waals surface area contributed by atoms with Crippen molar-refractivity contribution in [1.29, 1.82) is 0 Å². The highest BCUT2D eigenvalue weighted by atomic mass is 127. The van der Waals surface area contributed by atoms with Crippen LogP contribution in [0.25, 0.3) is 0 Å².